The predicted molar refractivity (Wildman–Crippen MR) is 86.3 cm³/mol. The van der Waals surface area contributed by atoms with Crippen LogP contribution in [0.5, 0.6) is 0 Å². The van der Waals surface area contributed by atoms with Gasteiger partial charge in [0.05, 0.1) is 0 Å². The van der Waals surface area contributed by atoms with Gasteiger partial charge in [-0.25, -0.2) is 0 Å². The van der Waals surface area contributed by atoms with Crippen LogP contribution in [-0.4, -0.2) is 12.5 Å². The van der Waals surface area contributed by atoms with Gasteiger partial charge in [-0.15, -0.1) is 0 Å². The quantitative estimate of drug-likeness (QED) is 0.758. The Hall–Kier alpha value is -1.97. The van der Waals surface area contributed by atoms with E-state index < -0.39 is 0 Å². The molecular formula is C17H24N2O2. The van der Waals surface area contributed by atoms with E-state index in [0.29, 0.717) is 29.5 Å². The zero-order valence-corrected chi connectivity index (χ0v) is 12.8. The van der Waals surface area contributed by atoms with Gasteiger partial charge in [-0.1, -0.05) is 33.1 Å². The molecule has 0 fully saturated rings. The number of nitrogens with two attached hydrogens (primary N) is 1. The second-order valence-electron chi connectivity index (χ2n) is 5.53. The molecule has 0 aliphatic heterocycles. The van der Waals surface area contributed by atoms with E-state index in [0.717, 1.165) is 18.2 Å². The standard InChI is InChI=1S/C17H24N2O2/c1-3-5-6-12(4-2)11-19-17(20)16-10-13-9-14(18)7-8-15(13)21-16/h7-10,12H,3-6,11,18H2,1-2H3,(H,19,20). The number of nitrogen functional groups attached to an aromatic ring is 1. The van der Waals surface area contributed by atoms with Crippen molar-refractivity contribution in [3.05, 3.63) is 30.0 Å². The highest BCUT2D eigenvalue weighted by Crippen LogP contribution is 2.21. The molecule has 0 aliphatic carbocycles. The van der Waals surface area contributed by atoms with Gasteiger partial charge in [0.15, 0.2) is 5.76 Å². The van der Waals surface area contributed by atoms with Crippen molar-refractivity contribution >= 4 is 22.6 Å². The van der Waals surface area contributed by atoms with E-state index >= 15 is 0 Å². The van der Waals surface area contributed by atoms with Crippen LogP contribution in [0.4, 0.5) is 5.69 Å². The van der Waals surface area contributed by atoms with Crippen molar-refractivity contribution in [2.75, 3.05) is 12.3 Å². The molecule has 1 aromatic carbocycles. The molecule has 1 aromatic heterocycles. The number of hydrogen-bond donors (Lipinski definition) is 2. The zero-order chi connectivity index (χ0) is 15.2. The lowest BCUT2D eigenvalue weighted by atomic mass is 9.99. The van der Waals surface area contributed by atoms with Crippen LogP contribution in [0.15, 0.2) is 28.7 Å². The average molecular weight is 288 g/mol. The van der Waals surface area contributed by atoms with Crippen molar-refractivity contribution in [2.24, 2.45) is 5.92 Å². The molecule has 0 bridgehead atoms. The number of nitrogens with one attached hydrogen (secondary N) is 1. The first-order valence-corrected chi connectivity index (χ1v) is 7.71. The molecule has 2 aromatic rings. The number of anilines is 1. The Balaban J connectivity index is 1.98. The minimum absolute atomic E-state index is 0.153. The maximum atomic E-state index is 12.2. The molecule has 0 spiro atoms. The number of rotatable bonds is 7. The van der Waals surface area contributed by atoms with Gasteiger partial charge < -0.3 is 15.5 Å². The highest BCUT2D eigenvalue weighted by molar-refractivity contribution is 5.96. The van der Waals surface area contributed by atoms with E-state index in [2.05, 4.69) is 19.2 Å². The van der Waals surface area contributed by atoms with Crippen molar-refractivity contribution < 1.29 is 9.21 Å². The molecule has 0 saturated heterocycles. The van der Waals surface area contributed by atoms with Crippen molar-refractivity contribution in [1.82, 2.24) is 5.32 Å². The van der Waals surface area contributed by atoms with Gasteiger partial charge in [-0.2, -0.15) is 0 Å². The number of unbranched alkanes of at least 4 members (excludes halogenated alkanes) is 1. The summed E-state index contributed by atoms with van der Waals surface area (Å²) in [6.07, 6.45) is 4.63. The fourth-order valence-electron chi connectivity index (χ4n) is 2.44. The summed E-state index contributed by atoms with van der Waals surface area (Å²) in [6, 6.07) is 7.11. The maximum absolute atomic E-state index is 12.2. The second-order valence-corrected chi connectivity index (χ2v) is 5.53. The molecule has 0 radical (unpaired) electrons. The van der Waals surface area contributed by atoms with Crippen LogP contribution >= 0.6 is 0 Å². The summed E-state index contributed by atoms with van der Waals surface area (Å²) in [7, 11) is 0. The summed E-state index contributed by atoms with van der Waals surface area (Å²) < 4.78 is 5.56. The lowest BCUT2D eigenvalue weighted by molar-refractivity contribution is 0.0920. The maximum Gasteiger partial charge on any atom is 0.287 e. The summed E-state index contributed by atoms with van der Waals surface area (Å²) >= 11 is 0. The van der Waals surface area contributed by atoms with Gasteiger partial charge in [0.25, 0.3) is 5.91 Å². The Bertz CT molecular complexity index is 604. The van der Waals surface area contributed by atoms with E-state index in [9.17, 15) is 4.79 Å². The molecule has 0 saturated carbocycles. The molecule has 3 N–H and O–H groups in total. The third-order valence-corrected chi connectivity index (χ3v) is 3.86. The lowest BCUT2D eigenvalue weighted by Gasteiger charge is -2.14. The van der Waals surface area contributed by atoms with Gasteiger partial charge in [-0.3, -0.25) is 4.79 Å². The smallest absolute Gasteiger partial charge is 0.287 e. The zero-order valence-electron chi connectivity index (χ0n) is 12.8. The Morgan fingerprint density at radius 1 is 1.33 bits per heavy atom. The first-order valence-electron chi connectivity index (χ1n) is 7.71. The Kier molecular flexibility index (Phi) is 5.26. The summed E-state index contributed by atoms with van der Waals surface area (Å²) in [6.45, 7) is 5.05. The number of carbonyl (C=O) groups excluding carboxylic acids is 1. The number of benzene rings is 1. The van der Waals surface area contributed by atoms with Crippen molar-refractivity contribution in [1.29, 1.82) is 0 Å². The van der Waals surface area contributed by atoms with Gasteiger partial charge >= 0.3 is 0 Å². The topological polar surface area (TPSA) is 68.3 Å². The van der Waals surface area contributed by atoms with Crippen LogP contribution < -0.4 is 11.1 Å². The SMILES string of the molecule is CCCCC(CC)CNC(=O)c1cc2cc(N)ccc2o1. The molecule has 4 nitrogen and oxygen atoms in total. The number of amides is 1. The summed E-state index contributed by atoms with van der Waals surface area (Å²) in [5.74, 6) is 0.731. The Labute approximate surface area is 125 Å². The van der Waals surface area contributed by atoms with E-state index in [1.165, 1.54) is 12.8 Å². The fraction of sp³-hybridized carbons (Fsp3) is 0.471. The van der Waals surface area contributed by atoms with Crippen LogP contribution in [0, 0.1) is 5.92 Å². The Morgan fingerprint density at radius 3 is 2.86 bits per heavy atom. The van der Waals surface area contributed by atoms with E-state index in [1.807, 2.05) is 6.07 Å². The fourth-order valence-corrected chi connectivity index (χ4v) is 2.44. The van der Waals surface area contributed by atoms with Gasteiger partial charge in [0, 0.05) is 17.6 Å². The van der Waals surface area contributed by atoms with Crippen molar-refractivity contribution in [3.8, 4) is 0 Å². The minimum Gasteiger partial charge on any atom is -0.451 e. The summed E-state index contributed by atoms with van der Waals surface area (Å²) in [5.41, 5.74) is 7.08. The number of furan rings is 1. The third-order valence-electron chi connectivity index (χ3n) is 3.86. The van der Waals surface area contributed by atoms with Crippen molar-refractivity contribution in [2.45, 2.75) is 39.5 Å². The van der Waals surface area contributed by atoms with E-state index in [1.54, 1.807) is 18.2 Å². The highest BCUT2D eigenvalue weighted by Gasteiger charge is 2.14. The van der Waals surface area contributed by atoms with Crippen LogP contribution in [0.3, 0.4) is 0 Å². The van der Waals surface area contributed by atoms with Gasteiger partial charge in [0.1, 0.15) is 5.58 Å². The number of hydrogen-bond acceptors (Lipinski definition) is 3. The lowest BCUT2D eigenvalue weighted by Crippen LogP contribution is -2.28. The molecule has 1 unspecified atom stereocenters. The Morgan fingerprint density at radius 2 is 2.14 bits per heavy atom. The predicted octanol–water partition coefficient (Wildman–Crippen LogP) is 3.96. The molecule has 2 rings (SSSR count). The first kappa shape index (κ1) is 15.4. The molecule has 114 valence electrons. The molecule has 21 heavy (non-hydrogen) atoms. The third kappa shape index (κ3) is 4.00. The van der Waals surface area contributed by atoms with Crippen LogP contribution in [0.1, 0.15) is 50.1 Å². The molecule has 1 amide bonds. The summed E-state index contributed by atoms with van der Waals surface area (Å²) in [5, 5.41) is 3.83. The monoisotopic (exact) mass is 288 g/mol. The van der Waals surface area contributed by atoms with Gasteiger partial charge in [0.2, 0.25) is 0 Å². The molecule has 1 heterocycles. The van der Waals surface area contributed by atoms with Crippen LogP contribution in [0.25, 0.3) is 11.0 Å². The van der Waals surface area contributed by atoms with E-state index in [-0.39, 0.29) is 5.91 Å². The van der Waals surface area contributed by atoms with E-state index in [4.69, 9.17) is 10.2 Å². The van der Waals surface area contributed by atoms with Crippen molar-refractivity contribution in [3.63, 3.8) is 0 Å². The van der Waals surface area contributed by atoms with Crippen LogP contribution in [0.2, 0.25) is 0 Å². The largest absolute Gasteiger partial charge is 0.451 e. The van der Waals surface area contributed by atoms with Crippen LogP contribution in [-0.2, 0) is 0 Å². The molecule has 1 atom stereocenters. The highest BCUT2D eigenvalue weighted by atomic mass is 16.3. The molecule has 4 heteroatoms. The number of fused-ring (bicyclic) bond motifs is 1. The first-order chi connectivity index (χ1) is 10.1. The van der Waals surface area contributed by atoms with Gasteiger partial charge in [-0.05, 0) is 36.6 Å². The second kappa shape index (κ2) is 7.16. The summed E-state index contributed by atoms with van der Waals surface area (Å²) in [4.78, 5) is 12.2. The molecular weight excluding hydrogens is 264 g/mol. The normalized spacial score (nSPS) is 12.5. The molecule has 0 aliphatic rings. The number of carbonyl (C=O) groups is 1. The average Bonchev–Trinajstić information content (AvgIpc) is 2.90. The minimum atomic E-state index is -0.153.